The van der Waals surface area contributed by atoms with E-state index in [1.165, 1.54) is 23.3 Å². The standard InChI is InChI=1S/C22H29NO2S/c1-4-25-22-14-18(10-11-21(22)24-3)19-15-26-13-12-20(19)23-16(2)17-8-6-5-7-9-17/h5-11,14,16,19-20,23H,4,12-13,15H2,1-3H3/t16-,19-,20-/m1/s1. The van der Waals surface area contributed by atoms with Crippen molar-refractivity contribution in [3.05, 3.63) is 59.7 Å². The molecule has 0 aliphatic carbocycles. The fourth-order valence-corrected chi connectivity index (χ4v) is 4.88. The highest BCUT2D eigenvalue weighted by molar-refractivity contribution is 7.99. The molecule has 1 aliphatic rings. The predicted octanol–water partition coefficient (Wildman–Crippen LogP) is 5.03. The molecule has 26 heavy (non-hydrogen) atoms. The van der Waals surface area contributed by atoms with E-state index in [0.717, 1.165) is 17.3 Å². The predicted molar refractivity (Wildman–Crippen MR) is 111 cm³/mol. The van der Waals surface area contributed by atoms with E-state index in [2.05, 4.69) is 54.7 Å². The van der Waals surface area contributed by atoms with E-state index in [9.17, 15) is 0 Å². The van der Waals surface area contributed by atoms with Gasteiger partial charge in [-0.3, -0.25) is 0 Å². The minimum absolute atomic E-state index is 0.344. The zero-order valence-electron chi connectivity index (χ0n) is 15.9. The van der Waals surface area contributed by atoms with Gasteiger partial charge in [0.1, 0.15) is 0 Å². The summed E-state index contributed by atoms with van der Waals surface area (Å²) in [6.45, 7) is 4.91. The van der Waals surface area contributed by atoms with Crippen LogP contribution in [0.3, 0.4) is 0 Å². The molecular weight excluding hydrogens is 342 g/mol. The summed E-state index contributed by atoms with van der Waals surface area (Å²) in [7, 11) is 1.69. The van der Waals surface area contributed by atoms with E-state index >= 15 is 0 Å². The van der Waals surface area contributed by atoms with Gasteiger partial charge in [-0.1, -0.05) is 36.4 Å². The van der Waals surface area contributed by atoms with Crippen molar-refractivity contribution in [1.29, 1.82) is 0 Å². The van der Waals surface area contributed by atoms with E-state index in [1.807, 2.05) is 24.8 Å². The van der Waals surface area contributed by atoms with Gasteiger partial charge >= 0.3 is 0 Å². The van der Waals surface area contributed by atoms with E-state index in [-0.39, 0.29) is 0 Å². The van der Waals surface area contributed by atoms with Crippen LogP contribution in [-0.4, -0.2) is 31.3 Å². The Balaban J connectivity index is 1.79. The highest BCUT2D eigenvalue weighted by Gasteiger charge is 2.28. The number of rotatable bonds is 7. The first-order chi connectivity index (χ1) is 12.7. The molecule has 140 valence electrons. The van der Waals surface area contributed by atoms with Gasteiger partial charge in [0.2, 0.25) is 0 Å². The van der Waals surface area contributed by atoms with E-state index < -0.39 is 0 Å². The van der Waals surface area contributed by atoms with Crippen molar-refractivity contribution >= 4 is 11.8 Å². The Morgan fingerprint density at radius 3 is 2.69 bits per heavy atom. The molecule has 0 amide bonds. The van der Waals surface area contributed by atoms with Crippen LogP contribution in [-0.2, 0) is 0 Å². The van der Waals surface area contributed by atoms with Crippen LogP contribution in [0.4, 0.5) is 0 Å². The highest BCUT2D eigenvalue weighted by atomic mass is 32.2. The molecule has 0 unspecified atom stereocenters. The number of benzene rings is 2. The van der Waals surface area contributed by atoms with Crippen LogP contribution >= 0.6 is 11.8 Å². The van der Waals surface area contributed by atoms with E-state index in [4.69, 9.17) is 9.47 Å². The second-order valence-corrected chi connectivity index (χ2v) is 7.87. The quantitative estimate of drug-likeness (QED) is 0.739. The maximum Gasteiger partial charge on any atom is 0.161 e. The molecular formula is C22H29NO2S. The van der Waals surface area contributed by atoms with E-state index in [1.54, 1.807) is 7.11 Å². The third-order valence-electron chi connectivity index (χ3n) is 5.04. The molecule has 0 bridgehead atoms. The Hall–Kier alpha value is -1.65. The van der Waals surface area contributed by atoms with Crippen molar-refractivity contribution in [1.82, 2.24) is 5.32 Å². The Morgan fingerprint density at radius 1 is 1.15 bits per heavy atom. The maximum absolute atomic E-state index is 5.79. The molecule has 4 heteroatoms. The van der Waals surface area contributed by atoms with Gasteiger partial charge in [-0.15, -0.1) is 0 Å². The minimum atomic E-state index is 0.344. The first-order valence-electron chi connectivity index (χ1n) is 9.42. The van der Waals surface area contributed by atoms with Crippen molar-refractivity contribution in [2.24, 2.45) is 0 Å². The van der Waals surface area contributed by atoms with Crippen LogP contribution in [0.1, 0.15) is 43.4 Å². The lowest BCUT2D eigenvalue weighted by molar-refractivity contribution is 0.309. The first-order valence-corrected chi connectivity index (χ1v) is 10.6. The molecule has 1 heterocycles. The fourth-order valence-electron chi connectivity index (χ4n) is 3.62. The average molecular weight is 372 g/mol. The summed E-state index contributed by atoms with van der Waals surface area (Å²) in [5.74, 6) is 4.48. The van der Waals surface area contributed by atoms with Crippen molar-refractivity contribution in [3.63, 3.8) is 0 Å². The number of nitrogens with one attached hydrogen (secondary N) is 1. The lowest BCUT2D eigenvalue weighted by atomic mass is 9.89. The number of thioether (sulfide) groups is 1. The molecule has 0 aromatic heterocycles. The first kappa shape index (κ1) is 19.1. The molecule has 3 nitrogen and oxygen atoms in total. The highest BCUT2D eigenvalue weighted by Crippen LogP contribution is 2.37. The molecule has 3 atom stereocenters. The number of methoxy groups -OCH3 is 1. The Bertz CT molecular complexity index is 692. The largest absolute Gasteiger partial charge is 0.493 e. The number of hydrogen-bond donors (Lipinski definition) is 1. The second-order valence-electron chi connectivity index (χ2n) is 6.72. The normalized spacial score (nSPS) is 21.2. The smallest absolute Gasteiger partial charge is 0.161 e. The van der Waals surface area contributed by atoms with Crippen molar-refractivity contribution in [2.45, 2.75) is 38.3 Å². The van der Waals surface area contributed by atoms with Crippen molar-refractivity contribution in [3.8, 4) is 11.5 Å². The molecule has 0 spiro atoms. The zero-order chi connectivity index (χ0) is 18.4. The summed E-state index contributed by atoms with van der Waals surface area (Å²) >= 11 is 2.04. The molecule has 0 radical (unpaired) electrons. The molecule has 0 saturated carbocycles. The zero-order valence-corrected chi connectivity index (χ0v) is 16.7. The summed E-state index contributed by atoms with van der Waals surface area (Å²) in [6, 6.07) is 17.9. The average Bonchev–Trinajstić information content (AvgIpc) is 2.69. The lowest BCUT2D eigenvalue weighted by Crippen LogP contribution is -2.40. The van der Waals surface area contributed by atoms with Crippen LogP contribution in [0.15, 0.2) is 48.5 Å². The molecule has 1 N–H and O–H groups in total. The molecule has 3 rings (SSSR count). The monoisotopic (exact) mass is 371 g/mol. The van der Waals surface area contributed by atoms with Gasteiger partial charge in [-0.05, 0) is 49.3 Å². The Kier molecular flexibility index (Phi) is 6.86. The Morgan fingerprint density at radius 2 is 1.96 bits per heavy atom. The molecule has 2 aromatic carbocycles. The Labute approximate surface area is 161 Å². The molecule has 1 saturated heterocycles. The molecule has 1 fully saturated rings. The molecule has 2 aromatic rings. The van der Waals surface area contributed by atoms with Crippen LogP contribution in [0, 0.1) is 0 Å². The third-order valence-corrected chi connectivity index (χ3v) is 6.15. The summed E-state index contributed by atoms with van der Waals surface area (Å²) in [4.78, 5) is 0. The maximum atomic E-state index is 5.79. The van der Waals surface area contributed by atoms with Gasteiger partial charge < -0.3 is 14.8 Å². The van der Waals surface area contributed by atoms with Gasteiger partial charge in [0.25, 0.3) is 0 Å². The van der Waals surface area contributed by atoms with Crippen LogP contribution in [0.5, 0.6) is 11.5 Å². The van der Waals surface area contributed by atoms with Gasteiger partial charge in [0.05, 0.1) is 13.7 Å². The third kappa shape index (κ3) is 4.54. The van der Waals surface area contributed by atoms with Gasteiger partial charge in [0.15, 0.2) is 11.5 Å². The van der Waals surface area contributed by atoms with Crippen LogP contribution in [0.2, 0.25) is 0 Å². The van der Waals surface area contributed by atoms with Gasteiger partial charge in [-0.25, -0.2) is 0 Å². The number of ether oxygens (including phenoxy) is 2. The summed E-state index contributed by atoms with van der Waals surface area (Å²) in [6.07, 6.45) is 1.18. The lowest BCUT2D eigenvalue weighted by Gasteiger charge is -2.35. The van der Waals surface area contributed by atoms with Crippen molar-refractivity contribution in [2.75, 3.05) is 25.2 Å². The van der Waals surface area contributed by atoms with Gasteiger partial charge in [0, 0.05) is 23.8 Å². The summed E-state index contributed by atoms with van der Waals surface area (Å²) in [5, 5.41) is 3.88. The topological polar surface area (TPSA) is 30.5 Å². The SMILES string of the molecule is CCOc1cc([C@H]2CSCC[C@H]2N[C@H](C)c2ccccc2)ccc1OC. The number of hydrogen-bond acceptors (Lipinski definition) is 4. The summed E-state index contributed by atoms with van der Waals surface area (Å²) in [5.41, 5.74) is 2.67. The van der Waals surface area contributed by atoms with Gasteiger partial charge in [-0.2, -0.15) is 11.8 Å². The minimum Gasteiger partial charge on any atom is -0.493 e. The second kappa shape index (κ2) is 9.33. The van der Waals surface area contributed by atoms with Crippen LogP contribution < -0.4 is 14.8 Å². The summed E-state index contributed by atoms with van der Waals surface area (Å²) < 4.78 is 11.2. The van der Waals surface area contributed by atoms with E-state index in [0.29, 0.717) is 24.6 Å². The molecule has 1 aliphatic heterocycles. The fraction of sp³-hybridized carbons (Fsp3) is 0.455. The van der Waals surface area contributed by atoms with Crippen LogP contribution in [0.25, 0.3) is 0 Å². The van der Waals surface area contributed by atoms with Crippen molar-refractivity contribution < 1.29 is 9.47 Å².